The molecule has 6 nitrogen and oxygen atoms in total. The van der Waals surface area contributed by atoms with Crippen LogP contribution in [-0.4, -0.2) is 49.8 Å². The lowest BCUT2D eigenvalue weighted by molar-refractivity contribution is -0.137. The Morgan fingerprint density at radius 2 is 1.63 bits per heavy atom. The Morgan fingerprint density at radius 1 is 0.914 bits per heavy atom. The van der Waals surface area contributed by atoms with Crippen molar-refractivity contribution in [3.05, 3.63) is 59.2 Å². The predicted molar refractivity (Wildman–Crippen MR) is 136 cm³/mol. The van der Waals surface area contributed by atoms with E-state index in [9.17, 15) is 13.2 Å². The third-order valence-electron chi connectivity index (χ3n) is 7.87. The minimum Gasteiger partial charge on any atom is -0.494 e. The Bertz CT molecular complexity index is 1150. The molecule has 2 aromatic carbocycles. The number of hydrogen-bond acceptors (Lipinski definition) is 4. The first-order chi connectivity index (χ1) is 17.0. The first kappa shape index (κ1) is 24.3. The Labute approximate surface area is 209 Å². The second kappa shape index (κ2) is 10.3. The van der Waals surface area contributed by atoms with E-state index in [2.05, 4.69) is 12.1 Å². The number of fused-ring (bicyclic) bond motifs is 1. The SMILES string of the molecule is CCOc1ccc([C@H]2CCCN2C(=O)C2CCN(S(=O)(=O)c3ccc4c(c3)CCCC4)CC2)cc1. The molecule has 0 N–H and O–H groups in total. The molecule has 1 amide bonds. The van der Waals surface area contributed by atoms with Gasteiger partial charge in [-0.2, -0.15) is 4.31 Å². The van der Waals surface area contributed by atoms with Crippen molar-refractivity contribution in [1.29, 1.82) is 0 Å². The molecule has 0 radical (unpaired) electrons. The molecule has 2 aromatic rings. The summed E-state index contributed by atoms with van der Waals surface area (Å²) in [6.45, 7) is 4.17. The molecule has 7 heteroatoms. The van der Waals surface area contributed by atoms with Crippen LogP contribution in [0.5, 0.6) is 5.75 Å². The van der Waals surface area contributed by atoms with Crippen molar-refractivity contribution in [2.24, 2.45) is 5.92 Å². The number of carbonyl (C=O) groups excluding carboxylic acids is 1. The standard InChI is InChI=1S/C28H36N2O4S/c1-2-34-25-12-9-22(10-13-25)27-8-5-17-30(27)28(31)23-15-18-29(19-16-23)35(32,33)26-14-11-21-6-3-4-7-24(21)20-26/h9-14,20,23,27H,2-8,15-19H2,1H3/t27-/m1/s1. The van der Waals surface area contributed by atoms with Gasteiger partial charge in [-0.25, -0.2) is 8.42 Å². The number of sulfonamides is 1. The molecule has 0 saturated carbocycles. The van der Waals surface area contributed by atoms with Gasteiger partial charge in [0.2, 0.25) is 15.9 Å². The summed E-state index contributed by atoms with van der Waals surface area (Å²) in [5.74, 6) is 0.903. The molecule has 35 heavy (non-hydrogen) atoms. The Morgan fingerprint density at radius 3 is 2.34 bits per heavy atom. The highest BCUT2D eigenvalue weighted by Crippen LogP contribution is 2.36. The van der Waals surface area contributed by atoms with E-state index in [-0.39, 0.29) is 17.9 Å². The summed E-state index contributed by atoms with van der Waals surface area (Å²) in [4.78, 5) is 15.9. The number of benzene rings is 2. The van der Waals surface area contributed by atoms with E-state index in [4.69, 9.17) is 4.74 Å². The van der Waals surface area contributed by atoms with Gasteiger partial charge in [-0.05, 0) is 99.2 Å². The van der Waals surface area contributed by atoms with E-state index in [1.54, 1.807) is 10.4 Å². The summed E-state index contributed by atoms with van der Waals surface area (Å²) in [6, 6.07) is 13.8. The molecular formula is C28H36N2O4S. The van der Waals surface area contributed by atoms with E-state index in [0.717, 1.165) is 50.0 Å². The van der Waals surface area contributed by atoms with Gasteiger partial charge >= 0.3 is 0 Å². The number of likely N-dealkylation sites (tertiary alicyclic amines) is 1. The summed E-state index contributed by atoms with van der Waals surface area (Å²) in [5.41, 5.74) is 3.61. The van der Waals surface area contributed by atoms with Crippen LogP contribution in [0.25, 0.3) is 0 Å². The van der Waals surface area contributed by atoms with E-state index in [1.165, 1.54) is 17.5 Å². The second-order valence-corrected chi connectivity index (χ2v) is 11.9. The van der Waals surface area contributed by atoms with Gasteiger partial charge in [-0.15, -0.1) is 0 Å². The van der Waals surface area contributed by atoms with Crippen LogP contribution < -0.4 is 4.74 Å². The molecule has 3 aliphatic rings. The molecule has 2 saturated heterocycles. The number of ether oxygens (including phenoxy) is 1. The zero-order chi connectivity index (χ0) is 24.4. The first-order valence-electron chi connectivity index (χ1n) is 13.1. The third-order valence-corrected chi connectivity index (χ3v) is 9.77. The summed E-state index contributed by atoms with van der Waals surface area (Å²) < 4.78 is 33.8. The summed E-state index contributed by atoms with van der Waals surface area (Å²) >= 11 is 0. The van der Waals surface area contributed by atoms with Crippen molar-refractivity contribution in [2.75, 3.05) is 26.2 Å². The predicted octanol–water partition coefficient (Wildman–Crippen LogP) is 4.73. The van der Waals surface area contributed by atoms with Crippen molar-refractivity contribution < 1.29 is 17.9 Å². The summed E-state index contributed by atoms with van der Waals surface area (Å²) in [6.07, 6.45) is 7.42. The molecule has 0 unspecified atom stereocenters. The molecule has 1 aliphatic carbocycles. The van der Waals surface area contributed by atoms with Crippen LogP contribution in [0.3, 0.4) is 0 Å². The van der Waals surface area contributed by atoms with E-state index in [0.29, 0.717) is 37.4 Å². The highest BCUT2D eigenvalue weighted by Gasteiger charge is 2.37. The summed E-state index contributed by atoms with van der Waals surface area (Å²) in [7, 11) is -3.53. The number of piperidine rings is 1. The molecule has 2 heterocycles. The van der Waals surface area contributed by atoms with E-state index >= 15 is 0 Å². The highest BCUT2D eigenvalue weighted by atomic mass is 32.2. The fourth-order valence-corrected chi connectivity index (χ4v) is 7.45. The molecule has 2 aliphatic heterocycles. The lowest BCUT2D eigenvalue weighted by atomic mass is 9.92. The van der Waals surface area contributed by atoms with Crippen molar-refractivity contribution >= 4 is 15.9 Å². The van der Waals surface area contributed by atoms with Gasteiger partial charge in [-0.1, -0.05) is 18.2 Å². The lowest BCUT2D eigenvalue weighted by Gasteiger charge is -2.34. The van der Waals surface area contributed by atoms with E-state index < -0.39 is 10.0 Å². The normalized spacial score (nSPS) is 21.6. The van der Waals surface area contributed by atoms with Crippen LogP contribution in [0.2, 0.25) is 0 Å². The summed E-state index contributed by atoms with van der Waals surface area (Å²) in [5, 5.41) is 0. The van der Waals surface area contributed by atoms with Crippen LogP contribution in [0, 0.1) is 5.92 Å². The van der Waals surface area contributed by atoms with Crippen molar-refractivity contribution in [3.8, 4) is 5.75 Å². The van der Waals surface area contributed by atoms with Gasteiger partial charge in [0.15, 0.2) is 0 Å². The van der Waals surface area contributed by atoms with Crippen molar-refractivity contribution in [3.63, 3.8) is 0 Å². The number of rotatable bonds is 6. The fraction of sp³-hybridized carbons (Fsp3) is 0.536. The average molecular weight is 497 g/mol. The zero-order valence-corrected chi connectivity index (χ0v) is 21.4. The molecule has 0 aromatic heterocycles. The quantitative estimate of drug-likeness (QED) is 0.580. The minimum absolute atomic E-state index is 0.0930. The zero-order valence-electron chi connectivity index (χ0n) is 20.6. The van der Waals surface area contributed by atoms with E-state index in [1.807, 2.05) is 36.1 Å². The van der Waals surface area contributed by atoms with Gasteiger partial charge in [0.1, 0.15) is 5.75 Å². The van der Waals surface area contributed by atoms with Crippen molar-refractivity contribution in [1.82, 2.24) is 9.21 Å². The topological polar surface area (TPSA) is 66.9 Å². The number of nitrogens with zero attached hydrogens (tertiary/aromatic N) is 2. The number of aryl methyl sites for hydroxylation is 2. The minimum atomic E-state index is -3.53. The molecule has 5 rings (SSSR count). The van der Waals surface area contributed by atoms with Gasteiger partial charge < -0.3 is 9.64 Å². The van der Waals surface area contributed by atoms with Crippen LogP contribution >= 0.6 is 0 Å². The molecular weight excluding hydrogens is 460 g/mol. The number of hydrogen-bond donors (Lipinski definition) is 0. The van der Waals surface area contributed by atoms with Gasteiger partial charge in [-0.3, -0.25) is 4.79 Å². The van der Waals surface area contributed by atoms with Gasteiger partial charge in [0.05, 0.1) is 17.5 Å². The van der Waals surface area contributed by atoms with Crippen LogP contribution in [-0.2, 0) is 27.7 Å². The smallest absolute Gasteiger partial charge is 0.243 e. The highest BCUT2D eigenvalue weighted by molar-refractivity contribution is 7.89. The second-order valence-electron chi connectivity index (χ2n) is 10.0. The van der Waals surface area contributed by atoms with Gasteiger partial charge in [0, 0.05) is 25.6 Å². The fourth-order valence-electron chi connectivity index (χ4n) is 5.93. The Hall–Kier alpha value is -2.38. The maximum absolute atomic E-state index is 13.5. The Kier molecular flexibility index (Phi) is 7.17. The van der Waals surface area contributed by atoms with Gasteiger partial charge in [0.25, 0.3) is 0 Å². The third kappa shape index (κ3) is 4.98. The maximum atomic E-state index is 13.5. The lowest BCUT2D eigenvalue weighted by Crippen LogP contribution is -2.44. The van der Waals surface area contributed by atoms with Crippen LogP contribution in [0.15, 0.2) is 47.4 Å². The molecule has 1 atom stereocenters. The molecule has 188 valence electrons. The molecule has 0 spiro atoms. The Balaban J connectivity index is 1.23. The largest absolute Gasteiger partial charge is 0.494 e. The number of carbonyl (C=O) groups is 1. The van der Waals surface area contributed by atoms with Crippen molar-refractivity contribution in [2.45, 2.75) is 69.2 Å². The number of amides is 1. The average Bonchev–Trinajstić information content (AvgIpc) is 3.39. The van der Waals surface area contributed by atoms with Crippen LogP contribution in [0.1, 0.15) is 68.2 Å². The molecule has 2 fully saturated rings. The molecule has 0 bridgehead atoms. The first-order valence-corrected chi connectivity index (χ1v) is 14.6. The maximum Gasteiger partial charge on any atom is 0.243 e. The van der Waals surface area contributed by atoms with Crippen LogP contribution in [0.4, 0.5) is 0 Å². The monoisotopic (exact) mass is 496 g/mol.